The number of hydrogen-bond donors (Lipinski definition) is 5. The first-order chi connectivity index (χ1) is 40.6. The Bertz CT molecular complexity index is 2760. The van der Waals surface area contributed by atoms with Gasteiger partial charge in [-0.1, -0.05) is 87.1 Å². The van der Waals surface area contributed by atoms with E-state index in [0.717, 1.165) is 67.4 Å². The Morgan fingerprint density at radius 2 is 1.22 bits per heavy atom. The number of allylic oxidation sites excluding steroid dienone is 1. The van der Waals surface area contributed by atoms with Crippen LogP contribution in [0.15, 0.2) is 35.9 Å². The lowest BCUT2D eigenvalue weighted by molar-refractivity contribution is -0.0614. The summed E-state index contributed by atoms with van der Waals surface area (Å²) in [6, 6.07) is 5.33. The van der Waals surface area contributed by atoms with Crippen LogP contribution in [0.25, 0.3) is 0 Å². The second kappa shape index (κ2) is 29.6. The molecule has 0 bridgehead atoms. The minimum atomic E-state index is -0.929. The molecule has 0 aliphatic heterocycles. The summed E-state index contributed by atoms with van der Waals surface area (Å²) in [5.74, 6) is 3.09. The van der Waals surface area contributed by atoms with Gasteiger partial charge in [0.15, 0.2) is 0 Å². The predicted octanol–water partition coefficient (Wildman–Crippen LogP) is 13.3. The number of phenolic OH excluding ortho intramolecular Hbond substituents is 2. The van der Waals surface area contributed by atoms with E-state index in [2.05, 4.69) is 51.3 Å². The molecule has 21 heteroatoms. The summed E-state index contributed by atoms with van der Waals surface area (Å²) in [7, 11) is 2.93. The van der Waals surface area contributed by atoms with Crippen molar-refractivity contribution in [1.29, 1.82) is 0 Å². The number of carbonyl (C=O) groups excluding carboxylic acids is 6. The molecule has 1 unspecified atom stereocenters. The quantitative estimate of drug-likeness (QED) is 0.0125. The summed E-state index contributed by atoms with van der Waals surface area (Å²) in [6.07, 6.45) is 12.6. The zero-order valence-corrected chi connectivity index (χ0v) is 54.3. The van der Waals surface area contributed by atoms with E-state index in [1.807, 2.05) is 0 Å². The maximum absolute atomic E-state index is 14.3. The van der Waals surface area contributed by atoms with Crippen LogP contribution in [0.5, 0.6) is 11.5 Å². The van der Waals surface area contributed by atoms with Crippen molar-refractivity contribution in [3.05, 3.63) is 58.2 Å². The molecular formula is C65H96N4O15S2. The fourth-order valence-electron chi connectivity index (χ4n) is 14.3. The van der Waals surface area contributed by atoms with E-state index < -0.39 is 58.8 Å². The Labute approximate surface area is 516 Å². The van der Waals surface area contributed by atoms with E-state index in [4.69, 9.17) is 28.4 Å². The van der Waals surface area contributed by atoms with Crippen LogP contribution in [-0.2, 0) is 28.4 Å². The van der Waals surface area contributed by atoms with Gasteiger partial charge < -0.3 is 64.2 Å². The van der Waals surface area contributed by atoms with Crippen molar-refractivity contribution in [2.24, 2.45) is 46.3 Å². The van der Waals surface area contributed by atoms with Gasteiger partial charge in [0.1, 0.15) is 48.6 Å². The van der Waals surface area contributed by atoms with Crippen molar-refractivity contribution in [3.63, 3.8) is 0 Å². The number of benzene rings is 2. The highest BCUT2D eigenvalue weighted by Gasteiger charge is 2.59. The highest BCUT2D eigenvalue weighted by molar-refractivity contribution is 8.76. The molecule has 2 aromatic rings. The minimum Gasteiger partial charge on any atom is -0.507 e. The number of aliphatic hydroxyl groups excluding tert-OH is 1. The molecule has 0 heterocycles. The molecule has 5 N–H and O–H groups in total. The Balaban J connectivity index is 0.825. The molecule has 0 saturated heterocycles. The van der Waals surface area contributed by atoms with Gasteiger partial charge in [-0.2, -0.15) is 0 Å². The second-order valence-corrected chi connectivity index (χ2v) is 29.6. The summed E-state index contributed by atoms with van der Waals surface area (Å²) in [4.78, 5) is 82.9. The van der Waals surface area contributed by atoms with Crippen LogP contribution >= 0.6 is 21.6 Å². The minimum absolute atomic E-state index is 0.00844. The zero-order chi connectivity index (χ0) is 62.7. The van der Waals surface area contributed by atoms with Crippen LogP contribution in [0.2, 0.25) is 0 Å². The molecule has 19 nitrogen and oxygen atoms in total. The molecule has 2 aromatic carbocycles. The molecule has 0 radical (unpaired) electrons. The van der Waals surface area contributed by atoms with Gasteiger partial charge in [0.05, 0.1) is 35.4 Å². The zero-order valence-electron chi connectivity index (χ0n) is 52.6. The monoisotopic (exact) mass is 1240 g/mol. The van der Waals surface area contributed by atoms with Gasteiger partial charge >= 0.3 is 24.5 Å². The van der Waals surface area contributed by atoms with Crippen LogP contribution in [0.4, 0.5) is 30.6 Å². The van der Waals surface area contributed by atoms with Crippen molar-refractivity contribution < 1.29 is 72.5 Å². The van der Waals surface area contributed by atoms with Gasteiger partial charge in [0.25, 0.3) is 0 Å². The van der Waals surface area contributed by atoms with Crippen LogP contribution < -0.4 is 10.6 Å². The average molecular weight is 1240 g/mol. The van der Waals surface area contributed by atoms with Crippen molar-refractivity contribution in [2.45, 2.75) is 164 Å². The number of carbonyl (C=O) groups is 6. The Hall–Kier alpha value is -5.54. The Morgan fingerprint density at radius 3 is 1.77 bits per heavy atom. The number of aromatic hydroxyl groups is 2. The molecule has 0 spiro atoms. The van der Waals surface area contributed by atoms with E-state index in [0.29, 0.717) is 22.8 Å². The van der Waals surface area contributed by atoms with Gasteiger partial charge in [-0.3, -0.25) is 9.59 Å². The number of anilines is 2. The lowest BCUT2D eigenvalue weighted by Crippen LogP contribution is -2.51. The number of ether oxygens (including phenoxy) is 6. The molecule has 5 aliphatic carbocycles. The average Bonchev–Trinajstić information content (AvgIpc) is 1.27. The van der Waals surface area contributed by atoms with Crippen molar-refractivity contribution in [3.8, 4) is 11.5 Å². The number of nitrogens with one attached hydrogen (secondary N) is 2. The number of nitrogens with zero attached hydrogens (tertiary/aromatic N) is 2. The van der Waals surface area contributed by atoms with Crippen molar-refractivity contribution in [1.82, 2.24) is 9.80 Å². The van der Waals surface area contributed by atoms with Gasteiger partial charge in [0, 0.05) is 62.0 Å². The van der Waals surface area contributed by atoms with Crippen LogP contribution in [-0.4, -0.2) is 156 Å². The van der Waals surface area contributed by atoms with E-state index >= 15 is 0 Å². The third-order valence-electron chi connectivity index (χ3n) is 18.3. The summed E-state index contributed by atoms with van der Waals surface area (Å²) in [5, 5.41) is 37.5. The maximum atomic E-state index is 14.3. The molecule has 8 atom stereocenters. The van der Waals surface area contributed by atoms with E-state index in [-0.39, 0.29) is 111 Å². The molecular weight excluding hydrogens is 1140 g/mol. The lowest BCUT2D eigenvalue weighted by Gasteiger charge is -2.58. The van der Waals surface area contributed by atoms with Gasteiger partial charge in [-0.25, -0.2) is 19.2 Å². The molecule has 7 rings (SSSR count). The fraction of sp³-hybridized carbons (Fsp3) is 0.692. The van der Waals surface area contributed by atoms with Crippen molar-refractivity contribution in [2.75, 3.05) is 87.8 Å². The molecule has 3 saturated carbocycles. The van der Waals surface area contributed by atoms with Crippen LogP contribution in [0.3, 0.4) is 0 Å². The van der Waals surface area contributed by atoms with Gasteiger partial charge in [0.2, 0.25) is 11.6 Å². The maximum Gasteiger partial charge on any atom is 0.508 e. The van der Waals surface area contributed by atoms with Crippen LogP contribution in [0, 0.1) is 46.3 Å². The molecule has 5 aliphatic rings. The molecule has 2 amide bonds. The van der Waals surface area contributed by atoms with E-state index in [1.54, 1.807) is 53.7 Å². The first kappa shape index (κ1) is 68.0. The number of hydrogen-bond acceptors (Lipinski definition) is 19. The number of amides is 2. The smallest absolute Gasteiger partial charge is 0.507 e. The second-order valence-electron chi connectivity index (χ2n) is 26.9. The standard InChI is InChI=1S/C65H96N4O15S2/c1-40(2)13-12-14-41(3)45-17-18-46-44-16-15-42-39-43(23-25-64(42,10)47(44)24-26-65(45,46)11)82-61(78)81-36-38-86-85-37-35-80-60(77)79-34-32-69(59(76)84-63(7,8)9)30-28-67-49-20-19-48(66-27-29-68(31-33-70)58(75)83-62(4,5)6)52-53(49)57(74)55-51(72)22-21-50(71)54(55)56(52)73/h15,19-22,40-41,43-47,66-67,70-72H,12-14,16-18,23-39H2,1-11H3/t41-,43+,44+,45?,46+,47+,64+,65-/m1/s1. The summed E-state index contributed by atoms with van der Waals surface area (Å²) >= 11 is 0. The number of rotatable bonds is 26. The van der Waals surface area contributed by atoms with Gasteiger partial charge in [-0.15, -0.1) is 0 Å². The lowest BCUT2D eigenvalue weighted by atomic mass is 9.47. The van der Waals surface area contributed by atoms with Gasteiger partial charge in [-0.05, 0) is 157 Å². The highest BCUT2D eigenvalue weighted by atomic mass is 33.1. The fourth-order valence-corrected chi connectivity index (χ4v) is 16.0. The third-order valence-corrected chi connectivity index (χ3v) is 20.6. The molecule has 86 heavy (non-hydrogen) atoms. The molecule has 478 valence electrons. The highest BCUT2D eigenvalue weighted by Crippen LogP contribution is 2.67. The number of phenols is 2. The summed E-state index contributed by atoms with van der Waals surface area (Å²) < 4.78 is 33.1. The van der Waals surface area contributed by atoms with Crippen molar-refractivity contribution >= 4 is 69.0 Å². The summed E-state index contributed by atoms with van der Waals surface area (Å²) in [5.41, 5.74) is -0.152. The normalized spacial score (nSPS) is 23.5. The predicted molar refractivity (Wildman–Crippen MR) is 334 cm³/mol. The number of fused-ring (bicyclic) bond motifs is 7. The number of aliphatic hydroxyl groups is 1. The summed E-state index contributed by atoms with van der Waals surface area (Å²) in [6.45, 7) is 22.3. The topological polar surface area (TPSA) is 249 Å². The molecule has 0 aromatic heterocycles. The Kier molecular flexibility index (Phi) is 23.4. The first-order valence-electron chi connectivity index (χ1n) is 31.1. The number of ketones is 2. The van der Waals surface area contributed by atoms with E-state index in [9.17, 15) is 44.1 Å². The van der Waals surface area contributed by atoms with Crippen LogP contribution in [0.1, 0.15) is 179 Å². The Morgan fingerprint density at radius 1 is 0.674 bits per heavy atom. The SMILES string of the molecule is CC(C)CCC[C@@H](C)C1CC[C@H]2[C@@H]3CC=C4C[C@@H](OC(=O)OCCSSCCOC(=O)OCCN(CCNc5ccc(NCCN(CCO)C(=O)OC(C)(C)C)c6c5C(=O)c5c(O)ccc(O)c5C6=O)C(=O)OC(C)(C)C)CC[C@]4(C)[C@H]3CC[C@]12C. The van der Waals surface area contributed by atoms with E-state index in [1.165, 1.54) is 81.9 Å². The third kappa shape index (κ3) is 17.0. The first-order valence-corrected chi connectivity index (χ1v) is 33.6. The molecule has 3 fully saturated rings. The largest absolute Gasteiger partial charge is 0.508 e.